The van der Waals surface area contributed by atoms with Crippen LogP contribution in [0.5, 0.6) is 0 Å². The molecule has 3 atom stereocenters. The summed E-state index contributed by atoms with van der Waals surface area (Å²) >= 11 is 0. The first kappa shape index (κ1) is 26.5. The van der Waals surface area contributed by atoms with Crippen molar-refractivity contribution in [2.75, 3.05) is 6.61 Å². The second-order valence-electron chi connectivity index (χ2n) is 11.0. The molecule has 32 heavy (non-hydrogen) atoms. The van der Waals surface area contributed by atoms with Crippen LogP contribution in [0.15, 0.2) is 0 Å². The van der Waals surface area contributed by atoms with Crippen molar-refractivity contribution in [1.82, 2.24) is 0 Å². The van der Waals surface area contributed by atoms with Gasteiger partial charge in [0.05, 0.1) is 30.5 Å². The maximum atomic E-state index is 6.81. The molecule has 0 N–H and O–H groups in total. The number of hydrogen-bond donors (Lipinski definition) is 0. The van der Waals surface area contributed by atoms with Crippen LogP contribution >= 0.6 is 0 Å². The molecule has 3 fully saturated rings. The number of rotatable bonds is 14. The molecule has 0 aromatic heterocycles. The molecule has 0 aliphatic heterocycles. The monoisotopic (exact) mass is 449 g/mol. The predicted molar refractivity (Wildman–Crippen MR) is 134 cm³/mol. The lowest BCUT2D eigenvalue weighted by Crippen LogP contribution is -2.34. The molecule has 0 bridgehead atoms. The second-order valence-corrected chi connectivity index (χ2v) is 11.0. The Labute approximate surface area is 199 Å². The third-order valence-electron chi connectivity index (χ3n) is 8.15. The average molecular weight is 450 g/mol. The minimum absolute atomic E-state index is 0.0941. The van der Waals surface area contributed by atoms with Crippen LogP contribution in [-0.2, 0) is 14.2 Å². The molecule has 0 amide bonds. The van der Waals surface area contributed by atoms with Gasteiger partial charge in [-0.3, -0.25) is 0 Å². The normalized spacial score (nSPS) is 24.9. The molecule has 0 heterocycles. The maximum Gasteiger partial charge on any atom is 0.0607 e. The molecule has 1 radical (unpaired) electrons. The molecule has 0 aromatic rings. The van der Waals surface area contributed by atoms with E-state index in [1.54, 1.807) is 0 Å². The number of ether oxygens (including phenoxy) is 3. The molecule has 0 spiro atoms. The fraction of sp³-hybridized carbons (Fsp3) is 0.966. The molecule has 3 nitrogen and oxygen atoms in total. The quantitative estimate of drug-likeness (QED) is 0.250. The highest BCUT2D eigenvalue weighted by atomic mass is 16.5. The maximum absolute atomic E-state index is 6.81. The van der Waals surface area contributed by atoms with Crippen LogP contribution in [0, 0.1) is 12.8 Å². The third-order valence-corrected chi connectivity index (χ3v) is 8.15. The van der Waals surface area contributed by atoms with E-state index in [0.29, 0.717) is 30.3 Å². The SMILES string of the molecule is [CH2]C(CC(CCCOC1CCCCC1)C(CCC)OC1CCCCC1)OC1CCCCC1. The average Bonchev–Trinajstić information content (AvgIpc) is 2.83. The smallest absolute Gasteiger partial charge is 0.0607 e. The van der Waals surface area contributed by atoms with Crippen molar-refractivity contribution in [3.8, 4) is 0 Å². The topological polar surface area (TPSA) is 27.7 Å². The second kappa shape index (κ2) is 15.7. The van der Waals surface area contributed by atoms with Crippen molar-refractivity contribution in [2.24, 2.45) is 5.92 Å². The van der Waals surface area contributed by atoms with Crippen LogP contribution in [0.3, 0.4) is 0 Å². The molecule has 0 aromatic carbocycles. The summed E-state index contributed by atoms with van der Waals surface area (Å²) in [5.41, 5.74) is 0. The Balaban J connectivity index is 1.51. The Morgan fingerprint density at radius 3 is 1.78 bits per heavy atom. The summed E-state index contributed by atoms with van der Waals surface area (Å²) in [5.74, 6) is 0.540. The fourth-order valence-corrected chi connectivity index (χ4v) is 6.30. The Bertz CT molecular complexity index is 449. The van der Waals surface area contributed by atoms with Gasteiger partial charge in [0.2, 0.25) is 0 Å². The van der Waals surface area contributed by atoms with Gasteiger partial charge < -0.3 is 14.2 Å². The first-order chi connectivity index (χ1) is 15.7. The van der Waals surface area contributed by atoms with Crippen LogP contribution in [0.2, 0.25) is 0 Å². The molecule has 3 aliphatic rings. The van der Waals surface area contributed by atoms with Crippen molar-refractivity contribution in [2.45, 2.75) is 166 Å². The van der Waals surface area contributed by atoms with Gasteiger partial charge in [-0.05, 0) is 77.0 Å². The molecular formula is C29H53O3. The zero-order valence-electron chi connectivity index (χ0n) is 21.2. The van der Waals surface area contributed by atoms with Gasteiger partial charge in [-0.1, -0.05) is 71.1 Å². The summed E-state index contributed by atoms with van der Waals surface area (Å²) < 4.78 is 19.5. The Morgan fingerprint density at radius 2 is 1.22 bits per heavy atom. The van der Waals surface area contributed by atoms with Crippen molar-refractivity contribution in [1.29, 1.82) is 0 Å². The van der Waals surface area contributed by atoms with Crippen LogP contribution in [-0.4, -0.2) is 37.1 Å². The first-order valence-electron chi connectivity index (χ1n) is 14.5. The third kappa shape index (κ3) is 10.0. The summed E-state index contributed by atoms with van der Waals surface area (Å²) in [6.45, 7) is 7.67. The Morgan fingerprint density at radius 1 is 0.688 bits per heavy atom. The summed E-state index contributed by atoms with van der Waals surface area (Å²) in [6.07, 6.45) is 27.3. The van der Waals surface area contributed by atoms with E-state index in [1.165, 1.54) is 116 Å². The lowest BCUT2D eigenvalue weighted by atomic mass is 9.87. The Kier molecular flexibility index (Phi) is 13.0. The van der Waals surface area contributed by atoms with Crippen LogP contribution in [0.25, 0.3) is 0 Å². The van der Waals surface area contributed by atoms with E-state index < -0.39 is 0 Å². The van der Waals surface area contributed by atoms with Gasteiger partial charge >= 0.3 is 0 Å². The fourth-order valence-electron chi connectivity index (χ4n) is 6.30. The van der Waals surface area contributed by atoms with Gasteiger partial charge in [-0.2, -0.15) is 0 Å². The molecule has 0 saturated heterocycles. The van der Waals surface area contributed by atoms with Gasteiger partial charge in [-0.15, -0.1) is 0 Å². The van der Waals surface area contributed by atoms with Crippen LogP contribution in [0.4, 0.5) is 0 Å². The highest BCUT2D eigenvalue weighted by Crippen LogP contribution is 2.31. The summed E-state index contributed by atoms with van der Waals surface area (Å²) in [7, 11) is 0. The van der Waals surface area contributed by atoms with E-state index in [9.17, 15) is 0 Å². The molecule has 3 unspecified atom stereocenters. The first-order valence-corrected chi connectivity index (χ1v) is 14.5. The van der Waals surface area contributed by atoms with Gasteiger partial charge in [0.25, 0.3) is 0 Å². The summed E-state index contributed by atoms with van der Waals surface area (Å²) in [4.78, 5) is 0. The van der Waals surface area contributed by atoms with Crippen LogP contribution in [0.1, 0.15) is 135 Å². The molecule has 3 saturated carbocycles. The molecule has 3 heteroatoms. The van der Waals surface area contributed by atoms with Gasteiger partial charge in [-0.25, -0.2) is 0 Å². The Hall–Kier alpha value is -0.120. The van der Waals surface area contributed by atoms with Crippen molar-refractivity contribution in [3.63, 3.8) is 0 Å². The minimum atomic E-state index is 0.0941. The van der Waals surface area contributed by atoms with E-state index in [-0.39, 0.29) is 6.10 Å². The van der Waals surface area contributed by atoms with Crippen molar-refractivity contribution >= 4 is 0 Å². The van der Waals surface area contributed by atoms with E-state index >= 15 is 0 Å². The molecule has 3 rings (SSSR count). The molecular weight excluding hydrogens is 396 g/mol. The lowest BCUT2D eigenvalue weighted by Gasteiger charge is -2.35. The summed E-state index contributed by atoms with van der Waals surface area (Å²) in [6, 6.07) is 0. The van der Waals surface area contributed by atoms with Gasteiger partial charge in [0.15, 0.2) is 0 Å². The molecule has 3 aliphatic carbocycles. The van der Waals surface area contributed by atoms with E-state index in [1.807, 2.05) is 0 Å². The largest absolute Gasteiger partial charge is 0.378 e. The van der Waals surface area contributed by atoms with Crippen molar-refractivity contribution < 1.29 is 14.2 Å². The highest BCUT2D eigenvalue weighted by molar-refractivity contribution is 4.80. The predicted octanol–water partition coefficient (Wildman–Crippen LogP) is 8.19. The summed E-state index contributed by atoms with van der Waals surface area (Å²) in [5, 5.41) is 0. The highest BCUT2D eigenvalue weighted by Gasteiger charge is 2.28. The zero-order valence-corrected chi connectivity index (χ0v) is 21.2. The minimum Gasteiger partial charge on any atom is -0.378 e. The van der Waals surface area contributed by atoms with E-state index in [0.717, 1.165) is 19.4 Å². The van der Waals surface area contributed by atoms with E-state index in [4.69, 9.17) is 14.2 Å². The van der Waals surface area contributed by atoms with E-state index in [2.05, 4.69) is 13.8 Å². The number of hydrogen-bond acceptors (Lipinski definition) is 3. The zero-order chi connectivity index (χ0) is 22.4. The van der Waals surface area contributed by atoms with Crippen molar-refractivity contribution in [3.05, 3.63) is 6.92 Å². The van der Waals surface area contributed by atoms with Crippen LogP contribution < -0.4 is 0 Å². The van der Waals surface area contributed by atoms with Gasteiger partial charge in [0, 0.05) is 6.61 Å². The van der Waals surface area contributed by atoms with Gasteiger partial charge in [0.1, 0.15) is 0 Å². The lowest BCUT2D eigenvalue weighted by molar-refractivity contribution is -0.0828. The standard InChI is InChI=1S/C29H53O3/c1-3-14-29(32-28-20-11-6-12-21-28)25(15-13-22-30-26-16-7-4-8-17-26)23-24(2)31-27-18-9-5-10-19-27/h24-29H,2-23H2,1H3. The molecule has 187 valence electrons.